The van der Waals surface area contributed by atoms with Crippen LogP contribution in [-0.2, 0) is 0 Å². The second-order valence-corrected chi connectivity index (χ2v) is 5.60. The van der Waals surface area contributed by atoms with E-state index in [2.05, 4.69) is 31.3 Å². The molecule has 4 rings (SSSR count). The van der Waals surface area contributed by atoms with Crippen LogP contribution >= 0.6 is 0 Å². The van der Waals surface area contributed by atoms with E-state index in [1.54, 1.807) is 6.33 Å². The van der Waals surface area contributed by atoms with Crippen molar-refractivity contribution in [2.24, 2.45) is 5.92 Å². The molecular formula is C13H18N6. The third-order valence-electron chi connectivity index (χ3n) is 4.28. The Morgan fingerprint density at radius 1 is 1.37 bits per heavy atom. The highest BCUT2D eigenvalue weighted by molar-refractivity contribution is 5.48. The van der Waals surface area contributed by atoms with E-state index in [4.69, 9.17) is 0 Å². The van der Waals surface area contributed by atoms with E-state index in [-0.39, 0.29) is 0 Å². The monoisotopic (exact) mass is 258 g/mol. The van der Waals surface area contributed by atoms with Crippen LogP contribution in [0.2, 0.25) is 0 Å². The molecule has 2 saturated heterocycles. The summed E-state index contributed by atoms with van der Waals surface area (Å²) in [6, 6.07) is 2.74. The minimum atomic E-state index is 0.626. The summed E-state index contributed by atoms with van der Waals surface area (Å²) in [5.41, 5.74) is 0.998. The summed E-state index contributed by atoms with van der Waals surface area (Å²) in [5, 5.41) is 7.94. The van der Waals surface area contributed by atoms with Crippen molar-refractivity contribution >= 4 is 11.6 Å². The number of nitrogens with zero attached hydrogens (tertiary/aromatic N) is 5. The van der Waals surface area contributed by atoms with Gasteiger partial charge in [-0.1, -0.05) is 0 Å². The number of rotatable bonds is 1. The Bertz CT molecular complexity index is 592. The van der Waals surface area contributed by atoms with Crippen LogP contribution in [0.25, 0.3) is 5.78 Å². The summed E-state index contributed by atoms with van der Waals surface area (Å²) in [6.45, 7) is 5.34. The first-order valence-electron chi connectivity index (χ1n) is 6.97. The van der Waals surface area contributed by atoms with E-state index in [1.165, 1.54) is 12.8 Å². The number of aryl methyl sites for hydroxylation is 1. The molecule has 2 aliphatic rings. The molecule has 4 heterocycles. The summed E-state index contributed by atoms with van der Waals surface area (Å²) in [4.78, 5) is 11.0. The molecule has 0 saturated carbocycles. The van der Waals surface area contributed by atoms with Crippen LogP contribution < -0.4 is 10.2 Å². The molecule has 1 N–H and O–H groups in total. The first kappa shape index (κ1) is 11.2. The largest absolute Gasteiger partial charge is 0.354 e. The van der Waals surface area contributed by atoms with Gasteiger partial charge in [0.25, 0.3) is 5.78 Å². The Morgan fingerprint density at radius 3 is 3.21 bits per heavy atom. The minimum Gasteiger partial charge on any atom is -0.354 e. The van der Waals surface area contributed by atoms with Gasteiger partial charge in [-0.05, 0) is 32.2 Å². The zero-order valence-electron chi connectivity index (χ0n) is 11.1. The van der Waals surface area contributed by atoms with Gasteiger partial charge >= 0.3 is 0 Å². The van der Waals surface area contributed by atoms with Gasteiger partial charge in [0.15, 0.2) is 0 Å². The van der Waals surface area contributed by atoms with Crippen molar-refractivity contribution < 1.29 is 0 Å². The van der Waals surface area contributed by atoms with Crippen molar-refractivity contribution in [2.45, 2.75) is 25.8 Å². The molecule has 0 aliphatic carbocycles. The summed E-state index contributed by atoms with van der Waals surface area (Å²) < 4.78 is 1.85. The van der Waals surface area contributed by atoms with Crippen LogP contribution in [-0.4, -0.2) is 45.3 Å². The van der Waals surface area contributed by atoms with Crippen molar-refractivity contribution in [1.82, 2.24) is 24.9 Å². The number of nitrogens with one attached hydrogen (secondary N) is 1. The van der Waals surface area contributed by atoms with Crippen LogP contribution in [0, 0.1) is 12.8 Å². The fourth-order valence-electron chi connectivity index (χ4n) is 3.37. The zero-order chi connectivity index (χ0) is 12.8. The molecule has 19 heavy (non-hydrogen) atoms. The van der Waals surface area contributed by atoms with E-state index in [0.717, 1.165) is 37.1 Å². The maximum atomic E-state index is 4.41. The lowest BCUT2D eigenvalue weighted by Gasteiger charge is -2.24. The van der Waals surface area contributed by atoms with Gasteiger partial charge < -0.3 is 10.2 Å². The van der Waals surface area contributed by atoms with Gasteiger partial charge in [-0.3, -0.25) is 0 Å². The highest BCUT2D eigenvalue weighted by Crippen LogP contribution is 2.29. The highest BCUT2D eigenvalue weighted by atomic mass is 15.4. The molecular weight excluding hydrogens is 240 g/mol. The van der Waals surface area contributed by atoms with Gasteiger partial charge in [0.05, 0.1) is 0 Å². The van der Waals surface area contributed by atoms with Crippen LogP contribution in [0.15, 0.2) is 12.4 Å². The third-order valence-corrected chi connectivity index (χ3v) is 4.28. The maximum absolute atomic E-state index is 4.41. The molecule has 0 radical (unpaired) electrons. The smallest absolute Gasteiger partial charge is 0.254 e. The van der Waals surface area contributed by atoms with E-state index in [9.17, 15) is 0 Å². The highest BCUT2D eigenvalue weighted by Gasteiger charge is 2.35. The molecule has 0 spiro atoms. The van der Waals surface area contributed by atoms with E-state index in [1.807, 2.05) is 11.4 Å². The quantitative estimate of drug-likeness (QED) is 0.812. The number of anilines is 1. The number of piperidine rings is 1. The van der Waals surface area contributed by atoms with Crippen molar-refractivity contribution in [3.8, 4) is 0 Å². The van der Waals surface area contributed by atoms with Crippen molar-refractivity contribution in [3.05, 3.63) is 18.1 Å². The van der Waals surface area contributed by atoms with Crippen LogP contribution in [0.3, 0.4) is 0 Å². The molecule has 2 aliphatic heterocycles. The van der Waals surface area contributed by atoms with Crippen LogP contribution in [0.5, 0.6) is 0 Å². The molecule has 2 atom stereocenters. The minimum absolute atomic E-state index is 0.626. The molecule has 0 amide bonds. The van der Waals surface area contributed by atoms with E-state index in [0.29, 0.717) is 11.8 Å². The summed E-state index contributed by atoms with van der Waals surface area (Å²) in [5.74, 6) is 2.58. The van der Waals surface area contributed by atoms with Gasteiger partial charge in [-0.2, -0.15) is 14.6 Å². The first-order valence-corrected chi connectivity index (χ1v) is 6.97. The zero-order valence-corrected chi connectivity index (χ0v) is 11.1. The van der Waals surface area contributed by atoms with Crippen molar-refractivity contribution in [3.63, 3.8) is 0 Å². The SMILES string of the molecule is Cc1cc(N2CC3CCCNC3C2)n2ncnc2n1. The maximum Gasteiger partial charge on any atom is 0.254 e. The van der Waals surface area contributed by atoms with Gasteiger partial charge in [0.2, 0.25) is 0 Å². The van der Waals surface area contributed by atoms with Gasteiger partial charge in [0, 0.05) is 30.9 Å². The van der Waals surface area contributed by atoms with Crippen LogP contribution in [0.1, 0.15) is 18.5 Å². The average molecular weight is 258 g/mol. The molecule has 2 fully saturated rings. The predicted molar refractivity (Wildman–Crippen MR) is 72.2 cm³/mol. The van der Waals surface area contributed by atoms with Crippen LogP contribution in [0.4, 0.5) is 5.82 Å². The lowest BCUT2D eigenvalue weighted by atomic mass is 9.94. The number of fused-ring (bicyclic) bond motifs is 2. The molecule has 2 unspecified atom stereocenters. The van der Waals surface area contributed by atoms with E-state index >= 15 is 0 Å². The van der Waals surface area contributed by atoms with Gasteiger partial charge in [-0.25, -0.2) is 4.98 Å². The van der Waals surface area contributed by atoms with Crippen molar-refractivity contribution in [2.75, 3.05) is 24.5 Å². The van der Waals surface area contributed by atoms with E-state index < -0.39 is 0 Å². The molecule has 2 aromatic heterocycles. The Hall–Kier alpha value is -1.69. The molecule has 0 bridgehead atoms. The lowest BCUT2D eigenvalue weighted by Crippen LogP contribution is -2.40. The second-order valence-electron chi connectivity index (χ2n) is 5.60. The number of aromatic nitrogens is 4. The lowest BCUT2D eigenvalue weighted by molar-refractivity contribution is 0.340. The molecule has 100 valence electrons. The first-order chi connectivity index (χ1) is 9.31. The fraction of sp³-hybridized carbons (Fsp3) is 0.615. The molecule has 6 heteroatoms. The third kappa shape index (κ3) is 1.78. The van der Waals surface area contributed by atoms with Gasteiger partial charge in [-0.15, -0.1) is 0 Å². The standard InChI is InChI=1S/C13H18N6/c1-9-5-12(19-13(17-9)15-8-16-19)18-6-10-3-2-4-14-11(10)7-18/h5,8,10-11,14H,2-4,6-7H2,1H3. The molecule has 2 aromatic rings. The Labute approximate surface area is 111 Å². The number of hydrogen-bond acceptors (Lipinski definition) is 5. The number of hydrogen-bond donors (Lipinski definition) is 1. The second kappa shape index (κ2) is 4.16. The van der Waals surface area contributed by atoms with Gasteiger partial charge in [0.1, 0.15) is 12.1 Å². The predicted octanol–water partition coefficient (Wildman–Crippen LogP) is 0.621. The Morgan fingerprint density at radius 2 is 2.32 bits per heavy atom. The topological polar surface area (TPSA) is 58.4 Å². The summed E-state index contributed by atoms with van der Waals surface area (Å²) in [7, 11) is 0. The Kier molecular flexibility index (Phi) is 2.44. The summed E-state index contributed by atoms with van der Waals surface area (Å²) >= 11 is 0. The molecule has 0 aromatic carbocycles. The fourth-order valence-corrected chi connectivity index (χ4v) is 3.37. The van der Waals surface area contributed by atoms with Crippen molar-refractivity contribution in [1.29, 1.82) is 0 Å². The normalized spacial score (nSPS) is 26.9. The average Bonchev–Trinajstić information content (AvgIpc) is 3.03. The molecule has 6 nitrogen and oxygen atoms in total. The Balaban J connectivity index is 1.72. The summed E-state index contributed by atoms with van der Waals surface area (Å²) in [6.07, 6.45) is 4.20.